The molecule has 0 N–H and O–H groups in total. The standard InChI is InChI=1S/C63H41NO/c1-3-17-48(18-4-1)64(49-19-5-2-6-20-49)50-36-31-43(32-37-50)42-27-29-46(30-28-42)51-21-11-12-22-52(51)47-33-38-56-55-25-13-14-26-57(55)63(60(56)41-47)58-39-34-44-15-7-9-23-53(44)61(58)65-62-54-24-10-8-16-45(54)35-40-59(62)63/h1-41H. The highest BCUT2D eigenvalue weighted by atomic mass is 16.5. The van der Waals surface area contributed by atoms with Crippen LogP contribution in [0.25, 0.3) is 66.1 Å². The number of hydrogen-bond donors (Lipinski definition) is 0. The number of nitrogens with zero attached hydrogens (tertiary/aromatic N) is 1. The van der Waals surface area contributed by atoms with E-state index in [1.54, 1.807) is 0 Å². The molecule has 0 bridgehead atoms. The molecule has 304 valence electrons. The lowest BCUT2D eigenvalue weighted by Gasteiger charge is -2.40. The minimum Gasteiger partial charge on any atom is -0.455 e. The van der Waals surface area contributed by atoms with Crippen LogP contribution in [0.5, 0.6) is 11.5 Å². The van der Waals surface area contributed by atoms with Gasteiger partial charge in [-0.15, -0.1) is 0 Å². The summed E-state index contributed by atoms with van der Waals surface area (Å²) in [5.74, 6) is 1.86. The lowest BCUT2D eigenvalue weighted by atomic mass is 9.65. The van der Waals surface area contributed by atoms with E-state index in [1.807, 2.05) is 0 Å². The van der Waals surface area contributed by atoms with Gasteiger partial charge in [0.25, 0.3) is 0 Å². The van der Waals surface area contributed by atoms with Gasteiger partial charge in [-0.3, -0.25) is 0 Å². The molecule has 1 aliphatic carbocycles. The van der Waals surface area contributed by atoms with Crippen molar-refractivity contribution in [3.8, 4) is 56.0 Å². The van der Waals surface area contributed by atoms with Crippen LogP contribution in [-0.2, 0) is 5.41 Å². The summed E-state index contributed by atoms with van der Waals surface area (Å²) in [6, 6.07) is 90.5. The van der Waals surface area contributed by atoms with Crippen LogP contribution in [-0.4, -0.2) is 0 Å². The summed E-state index contributed by atoms with van der Waals surface area (Å²) in [5, 5.41) is 4.58. The molecular formula is C63H41NO. The number of hydrogen-bond acceptors (Lipinski definition) is 2. The normalized spacial score (nSPS) is 12.9. The molecular weight excluding hydrogens is 787 g/mol. The van der Waals surface area contributed by atoms with E-state index in [1.165, 1.54) is 77.5 Å². The predicted molar refractivity (Wildman–Crippen MR) is 270 cm³/mol. The monoisotopic (exact) mass is 827 g/mol. The average molecular weight is 828 g/mol. The van der Waals surface area contributed by atoms with Crippen LogP contribution < -0.4 is 9.64 Å². The number of ether oxygens (including phenoxy) is 1. The summed E-state index contributed by atoms with van der Waals surface area (Å²) < 4.78 is 7.20. The fraction of sp³-hybridized carbons (Fsp3) is 0.0159. The highest BCUT2D eigenvalue weighted by Crippen LogP contribution is 2.64. The van der Waals surface area contributed by atoms with Crippen molar-refractivity contribution in [3.63, 3.8) is 0 Å². The molecule has 1 aliphatic heterocycles. The third-order valence-corrected chi connectivity index (χ3v) is 13.7. The fourth-order valence-corrected chi connectivity index (χ4v) is 10.8. The zero-order valence-corrected chi connectivity index (χ0v) is 35.5. The first-order chi connectivity index (χ1) is 32.2. The maximum Gasteiger partial charge on any atom is 0.140 e. The second-order valence-corrected chi connectivity index (χ2v) is 17.2. The summed E-state index contributed by atoms with van der Waals surface area (Å²) in [6.07, 6.45) is 0. The van der Waals surface area contributed by atoms with Crippen LogP contribution in [0, 0.1) is 0 Å². The van der Waals surface area contributed by atoms with Gasteiger partial charge < -0.3 is 9.64 Å². The molecule has 0 atom stereocenters. The quantitative estimate of drug-likeness (QED) is 0.166. The third-order valence-electron chi connectivity index (χ3n) is 13.7. The Morgan fingerprint density at radius 2 is 0.708 bits per heavy atom. The van der Waals surface area contributed by atoms with Crippen molar-refractivity contribution >= 4 is 38.6 Å². The van der Waals surface area contributed by atoms with Crippen LogP contribution in [0.1, 0.15) is 22.3 Å². The molecule has 11 aromatic rings. The summed E-state index contributed by atoms with van der Waals surface area (Å²) in [4.78, 5) is 2.30. The maximum atomic E-state index is 7.20. The largest absolute Gasteiger partial charge is 0.455 e. The second-order valence-electron chi connectivity index (χ2n) is 17.2. The van der Waals surface area contributed by atoms with E-state index >= 15 is 0 Å². The van der Waals surface area contributed by atoms with Crippen LogP contribution in [0.3, 0.4) is 0 Å². The number of benzene rings is 11. The summed E-state index contributed by atoms with van der Waals surface area (Å²) in [7, 11) is 0. The molecule has 0 aromatic heterocycles. The molecule has 2 heteroatoms. The highest BCUT2D eigenvalue weighted by Gasteiger charge is 2.52. The van der Waals surface area contributed by atoms with Crippen molar-refractivity contribution in [3.05, 3.63) is 271 Å². The molecule has 0 unspecified atom stereocenters. The number of rotatable bonds is 6. The number of para-hydroxylation sites is 2. The lowest BCUT2D eigenvalue weighted by Crippen LogP contribution is -2.32. The van der Waals surface area contributed by atoms with Crippen molar-refractivity contribution in [2.45, 2.75) is 5.41 Å². The molecule has 2 aliphatic rings. The SMILES string of the molecule is c1ccc(N(c2ccccc2)c2ccc(-c3ccc(-c4ccccc4-c4ccc5c(c4)C4(c6ccccc6-5)c5ccc6ccccc6c5Oc5c4ccc4ccccc54)cc3)cc2)cc1. The van der Waals surface area contributed by atoms with Crippen molar-refractivity contribution in [2.24, 2.45) is 0 Å². The first kappa shape index (κ1) is 37.1. The Hall–Kier alpha value is -8.46. The topological polar surface area (TPSA) is 12.5 Å². The molecule has 0 saturated heterocycles. The Kier molecular flexibility index (Phi) is 8.47. The average Bonchev–Trinajstić information content (AvgIpc) is 3.67. The molecule has 0 radical (unpaired) electrons. The Labute approximate surface area is 378 Å². The van der Waals surface area contributed by atoms with Gasteiger partial charge in [0.05, 0.1) is 5.41 Å². The fourth-order valence-electron chi connectivity index (χ4n) is 10.8. The second kappa shape index (κ2) is 14.8. The van der Waals surface area contributed by atoms with Gasteiger partial charge in [-0.25, -0.2) is 0 Å². The summed E-state index contributed by atoms with van der Waals surface area (Å²) in [6.45, 7) is 0. The van der Waals surface area contributed by atoms with Gasteiger partial charge in [0, 0.05) is 39.0 Å². The third kappa shape index (κ3) is 5.74. The molecule has 2 nitrogen and oxygen atoms in total. The van der Waals surface area contributed by atoms with E-state index in [9.17, 15) is 0 Å². The molecule has 11 aromatic carbocycles. The van der Waals surface area contributed by atoms with E-state index in [0.717, 1.165) is 39.3 Å². The minimum atomic E-state index is -0.607. The van der Waals surface area contributed by atoms with Crippen LogP contribution >= 0.6 is 0 Å². The highest BCUT2D eigenvalue weighted by molar-refractivity contribution is 6.00. The van der Waals surface area contributed by atoms with Gasteiger partial charge in [0.15, 0.2) is 0 Å². The Morgan fingerprint density at radius 3 is 1.31 bits per heavy atom. The van der Waals surface area contributed by atoms with Gasteiger partial charge >= 0.3 is 0 Å². The lowest BCUT2D eigenvalue weighted by molar-refractivity contribution is 0.447. The van der Waals surface area contributed by atoms with E-state index in [0.29, 0.717) is 0 Å². The van der Waals surface area contributed by atoms with Gasteiger partial charge in [0.1, 0.15) is 11.5 Å². The zero-order valence-electron chi connectivity index (χ0n) is 35.5. The van der Waals surface area contributed by atoms with Crippen LogP contribution in [0.2, 0.25) is 0 Å². The smallest absolute Gasteiger partial charge is 0.140 e. The zero-order chi connectivity index (χ0) is 42.9. The van der Waals surface area contributed by atoms with Crippen molar-refractivity contribution in [1.82, 2.24) is 0 Å². The first-order valence-corrected chi connectivity index (χ1v) is 22.4. The molecule has 0 fully saturated rings. The van der Waals surface area contributed by atoms with E-state index in [4.69, 9.17) is 4.74 Å². The van der Waals surface area contributed by atoms with Gasteiger partial charge in [0.2, 0.25) is 0 Å². The Bertz CT molecular complexity index is 3490. The Balaban J connectivity index is 0.924. The van der Waals surface area contributed by atoms with Gasteiger partial charge in [-0.05, 0) is 109 Å². The summed E-state index contributed by atoms with van der Waals surface area (Å²) in [5.41, 5.74) is 17.3. The molecule has 1 heterocycles. The van der Waals surface area contributed by atoms with E-state index in [-0.39, 0.29) is 0 Å². The van der Waals surface area contributed by atoms with Crippen LogP contribution in [0.4, 0.5) is 17.1 Å². The predicted octanol–water partition coefficient (Wildman–Crippen LogP) is 16.9. The van der Waals surface area contributed by atoms with Crippen LogP contribution in [0.15, 0.2) is 249 Å². The first-order valence-electron chi connectivity index (χ1n) is 22.4. The minimum absolute atomic E-state index is 0.607. The molecule has 65 heavy (non-hydrogen) atoms. The van der Waals surface area contributed by atoms with E-state index < -0.39 is 5.41 Å². The molecule has 1 spiro atoms. The maximum absolute atomic E-state index is 7.20. The summed E-state index contributed by atoms with van der Waals surface area (Å²) >= 11 is 0. The molecule has 0 amide bonds. The van der Waals surface area contributed by atoms with Crippen molar-refractivity contribution in [1.29, 1.82) is 0 Å². The van der Waals surface area contributed by atoms with Crippen molar-refractivity contribution in [2.75, 3.05) is 4.90 Å². The van der Waals surface area contributed by atoms with Gasteiger partial charge in [-0.2, -0.15) is 0 Å². The van der Waals surface area contributed by atoms with Crippen molar-refractivity contribution < 1.29 is 4.74 Å². The number of anilines is 3. The van der Waals surface area contributed by atoms with Gasteiger partial charge in [-0.1, -0.05) is 206 Å². The molecule has 13 rings (SSSR count). The number of fused-ring (bicyclic) bond motifs is 13. The molecule has 0 saturated carbocycles. The Morgan fingerprint density at radius 1 is 0.277 bits per heavy atom. The van der Waals surface area contributed by atoms with E-state index in [2.05, 4.69) is 254 Å².